The second-order valence-electron chi connectivity index (χ2n) is 12.4. The predicted octanol–water partition coefficient (Wildman–Crippen LogP) is 7.25. The standard InChI is InChI=1S/C31H38NOSi2/c1-19-15-24-27(34(5,6)7)18-25(32(4)30(24)28(16-19)35(8,9)10)29-21(3)20(2)17-23-22-13-11-12-14-26(22)33-31(23)29/h11-18H,1-10H3/q+1. The first-order valence-electron chi connectivity index (χ1n) is 12.7. The van der Waals surface area contributed by atoms with E-state index in [9.17, 15) is 0 Å². The quantitative estimate of drug-likeness (QED) is 0.190. The van der Waals surface area contributed by atoms with Crippen molar-refractivity contribution in [2.24, 2.45) is 7.05 Å². The predicted molar refractivity (Wildman–Crippen MR) is 158 cm³/mol. The van der Waals surface area contributed by atoms with E-state index in [-0.39, 0.29) is 0 Å². The highest BCUT2D eigenvalue weighted by molar-refractivity contribution is 6.92. The summed E-state index contributed by atoms with van der Waals surface area (Å²) in [6.45, 7) is 21.6. The van der Waals surface area contributed by atoms with Crippen molar-refractivity contribution in [2.45, 2.75) is 60.1 Å². The van der Waals surface area contributed by atoms with Gasteiger partial charge in [-0.15, -0.1) is 0 Å². The molecule has 0 aliphatic heterocycles. The van der Waals surface area contributed by atoms with E-state index in [1.165, 1.54) is 54.8 Å². The highest BCUT2D eigenvalue weighted by Gasteiger charge is 2.33. The SMILES string of the molecule is Cc1cc([Si](C)(C)C)c2c(c1)c([Si](C)(C)C)cc(-c1c(C)c(C)cc3c1oc1ccccc13)[n+]2C. The van der Waals surface area contributed by atoms with E-state index in [1.54, 1.807) is 5.19 Å². The number of hydrogen-bond donors (Lipinski definition) is 0. The molecule has 5 rings (SSSR count). The molecule has 0 atom stereocenters. The maximum Gasteiger partial charge on any atom is 0.216 e. The Morgan fingerprint density at radius 1 is 0.714 bits per heavy atom. The van der Waals surface area contributed by atoms with Crippen molar-refractivity contribution in [3.05, 3.63) is 65.2 Å². The molecule has 0 bridgehead atoms. The van der Waals surface area contributed by atoms with E-state index in [0.29, 0.717) is 0 Å². The van der Waals surface area contributed by atoms with Gasteiger partial charge in [-0.3, -0.25) is 0 Å². The van der Waals surface area contributed by atoms with Crippen LogP contribution < -0.4 is 14.9 Å². The Morgan fingerprint density at radius 2 is 1.37 bits per heavy atom. The molecule has 180 valence electrons. The zero-order chi connectivity index (χ0) is 25.4. The highest BCUT2D eigenvalue weighted by Crippen LogP contribution is 2.38. The maximum absolute atomic E-state index is 6.59. The van der Waals surface area contributed by atoms with Gasteiger partial charge >= 0.3 is 0 Å². The largest absolute Gasteiger partial charge is 0.455 e. The number of para-hydroxylation sites is 1. The van der Waals surface area contributed by atoms with Crippen LogP contribution in [-0.4, -0.2) is 16.1 Å². The van der Waals surface area contributed by atoms with Crippen molar-refractivity contribution < 1.29 is 8.98 Å². The number of furan rings is 1. The molecule has 0 saturated heterocycles. The minimum atomic E-state index is -1.65. The lowest BCUT2D eigenvalue weighted by molar-refractivity contribution is -0.632. The van der Waals surface area contributed by atoms with Gasteiger partial charge in [0.15, 0.2) is 0 Å². The number of aryl methyl sites for hydroxylation is 3. The summed E-state index contributed by atoms with van der Waals surface area (Å²) in [6.07, 6.45) is 0. The molecule has 2 aromatic heterocycles. The number of rotatable bonds is 3. The Balaban J connectivity index is 2.03. The van der Waals surface area contributed by atoms with Crippen LogP contribution in [0.1, 0.15) is 16.7 Å². The van der Waals surface area contributed by atoms with Gasteiger partial charge in [0, 0.05) is 27.4 Å². The zero-order valence-electron chi connectivity index (χ0n) is 23.0. The second kappa shape index (κ2) is 7.90. The minimum Gasteiger partial charge on any atom is -0.455 e. The molecule has 0 spiro atoms. The first kappa shape index (κ1) is 24.0. The van der Waals surface area contributed by atoms with E-state index >= 15 is 0 Å². The van der Waals surface area contributed by atoms with Crippen molar-refractivity contribution >= 4 is 59.4 Å². The molecule has 0 aliphatic carbocycles. The van der Waals surface area contributed by atoms with Crippen LogP contribution in [-0.2, 0) is 7.05 Å². The first-order valence-corrected chi connectivity index (χ1v) is 19.7. The molecule has 5 aromatic rings. The van der Waals surface area contributed by atoms with Crippen LogP contribution in [0.25, 0.3) is 44.1 Å². The second-order valence-corrected chi connectivity index (χ2v) is 22.5. The highest BCUT2D eigenvalue weighted by atomic mass is 28.3. The minimum absolute atomic E-state index is 0.959. The van der Waals surface area contributed by atoms with Gasteiger partial charge in [-0.1, -0.05) is 69.1 Å². The fourth-order valence-corrected chi connectivity index (χ4v) is 8.85. The van der Waals surface area contributed by atoms with Crippen LogP contribution in [0.5, 0.6) is 0 Å². The van der Waals surface area contributed by atoms with Crippen LogP contribution in [0.4, 0.5) is 0 Å². The summed E-state index contributed by atoms with van der Waals surface area (Å²) < 4.78 is 9.06. The summed E-state index contributed by atoms with van der Waals surface area (Å²) in [4.78, 5) is 0. The van der Waals surface area contributed by atoms with Crippen molar-refractivity contribution in [3.8, 4) is 11.3 Å². The lowest BCUT2D eigenvalue weighted by atomic mass is 9.95. The average Bonchev–Trinajstić information content (AvgIpc) is 3.11. The van der Waals surface area contributed by atoms with E-state index in [0.717, 1.165) is 11.2 Å². The van der Waals surface area contributed by atoms with Gasteiger partial charge in [0.2, 0.25) is 11.2 Å². The van der Waals surface area contributed by atoms with Gasteiger partial charge in [0.25, 0.3) is 0 Å². The molecule has 3 aromatic carbocycles. The fraction of sp³-hybridized carbons (Fsp3) is 0.323. The molecule has 0 amide bonds. The van der Waals surface area contributed by atoms with Gasteiger partial charge in [-0.25, -0.2) is 0 Å². The van der Waals surface area contributed by atoms with Crippen molar-refractivity contribution in [3.63, 3.8) is 0 Å². The van der Waals surface area contributed by atoms with Crippen LogP contribution in [0.3, 0.4) is 0 Å². The Labute approximate surface area is 211 Å². The molecule has 2 heterocycles. The summed E-state index contributed by atoms with van der Waals surface area (Å²) in [5.41, 5.74) is 9.86. The van der Waals surface area contributed by atoms with Gasteiger partial charge < -0.3 is 4.42 Å². The lowest BCUT2D eigenvalue weighted by Crippen LogP contribution is -2.49. The summed E-state index contributed by atoms with van der Waals surface area (Å²) in [5.74, 6) is 0. The normalized spacial score (nSPS) is 12.9. The molecule has 0 unspecified atom stereocenters. The molecule has 2 nitrogen and oxygen atoms in total. The summed E-state index contributed by atoms with van der Waals surface area (Å²) in [6, 6.07) is 18.1. The summed E-state index contributed by atoms with van der Waals surface area (Å²) in [5, 5.41) is 6.93. The number of hydrogen-bond acceptors (Lipinski definition) is 1. The fourth-order valence-electron chi connectivity index (χ4n) is 5.60. The van der Waals surface area contributed by atoms with Crippen LogP contribution in [0.2, 0.25) is 39.3 Å². The number of fused-ring (bicyclic) bond motifs is 4. The van der Waals surface area contributed by atoms with Gasteiger partial charge in [0.1, 0.15) is 18.2 Å². The third kappa shape index (κ3) is 3.78. The molecule has 0 fully saturated rings. The molecule has 4 heteroatoms. The van der Waals surface area contributed by atoms with Gasteiger partial charge in [0.05, 0.1) is 21.7 Å². The molecule has 0 saturated carbocycles. The maximum atomic E-state index is 6.59. The third-order valence-electron chi connectivity index (χ3n) is 7.58. The molecule has 0 radical (unpaired) electrons. The monoisotopic (exact) mass is 496 g/mol. The number of aromatic nitrogens is 1. The van der Waals surface area contributed by atoms with E-state index in [1.807, 2.05) is 0 Å². The Morgan fingerprint density at radius 3 is 2.03 bits per heavy atom. The lowest BCUT2D eigenvalue weighted by Gasteiger charge is -2.24. The van der Waals surface area contributed by atoms with Crippen molar-refractivity contribution in [1.82, 2.24) is 0 Å². The van der Waals surface area contributed by atoms with Gasteiger partial charge in [-0.05, 0) is 55.3 Å². The Kier molecular flexibility index (Phi) is 5.42. The summed E-state index contributed by atoms with van der Waals surface area (Å²) >= 11 is 0. The third-order valence-corrected chi connectivity index (χ3v) is 11.6. The van der Waals surface area contributed by atoms with Crippen LogP contribution in [0, 0.1) is 20.8 Å². The smallest absolute Gasteiger partial charge is 0.216 e. The van der Waals surface area contributed by atoms with Gasteiger partial charge in [-0.2, -0.15) is 4.57 Å². The molecule has 35 heavy (non-hydrogen) atoms. The average molecular weight is 497 g/mol. The zero-order valence-corrected chi connectivity index (χ0v) is 25.0. The first-order chi connectivity index (χ1) is 16.3. The van der Waals surface area contributed by atoms with E-state index in [4.69, 9.17) is 4.42 Å². The van der Waals surface area contributed by atoms with E-state index < -0.39 is 16.1 Å². The van der Waals surface area contributed by atoms with Crippen molar-refractivity contribution in [2.75, 3.05) is 0 Å². The Hall–Kier alpha value is -2.70. The van der Waals surface area contributed by atoms with E-state index in [2.05, 4.69) is 120 Å². The topological polar surface area (TPSA) is 17.0 Å². The van der Waals surface area contributed by atoms with Crippen LogP contribution in [0.15, 0.2) is 52.9 Å². The number of benzene rings is 3. The van der Waals surface area contributed by atoms with Crippen LogP contribution >= 0.6 is 0 Å². The summed E-state index contributed by atoms with van der Waals surface area (Å²) in [7, 11) is -0.984. The molecular weight excluding hydrogens is 459 g/mol. The number of pyridine rings is 1. The molecule has 0 N–H and O–H groups in total. The number of nitrogens with zero attached hydrogens (tertiary/aromatic N) is 1. The molecule has 0 aliphatic rings. The Bertz CT molecular complexity index is 1650. The molecular formula is C31H38NOSi2+. The van der Waals surface area contributed by atoms with Crippen molar-refractivity contribution in [1.29, 1.82) is 0 Å².